The first-order valence-electron chi connectivity index (χ1n) is 6.26. The Balaban J connectivity index is 1.69. The number of rotatable bonds is 2. The fourth-order valence-electron chi connectivity index (χ4n) is 3.41. The highest BCUT2D eigenvalue weighted by molar-refractivity contribution is 9.10. The van der Waals surface area contributed by atoms with Gasteiger partial charge in [-0.25, -0.2) is 0 Å². The zero-order chi connectivity index (χ0) is 12.0. The van der Waals surface area contributed by atoms with E-state index in [-0.39, 0.29) is 5.91 Å². The van der Waals surface area contributed by atoms with Crippen molar-refractivity contribution < 1.29 is 4.79 Å². The molecule has 2 bridgehead atoms. The molecular weight excluding hydrogens is 280 g/mol. The number of amides is 1. The van der Waals surface area contributed by atoms with Crippen LogP contribution >= 0.6 is 15.9 Å². The Labute approximate surface area is 110 Å². The highest BCUT2D eigenvalue weighted by Gasteiger charge is 2.40. The van der Waals surface area contributed by atoms with E-state index in [1.54, 1.807) is 0 Å². The molecule has 1 aromatic rings. The maximum Gasteiger partial charge on any atom is 0.268 e. The van der Waals surface area contributed by atoms with Crippen molar-refractivity contribution in [2.75, 3.05) is 0 Å². The molecule has 0 radical (unpaired) electrons. The molecule has 1 N–H and O–H groups in total. The Morgan fingerprint density at radius 2 is 2.29 bits per heavy atom. The number of hydrogen-bond acceptors (Lipinski definition) is 1. The van der Waals surface area contributed by atoms with Crippen LogP contribution < -0.4 is 5.32 Å². The minimum Gasteiger partial charge on any atom is -0.348 e. The van der Waals surface area contributed by atoms with Gasteiger partial charge in [0.2, 0.25) is 0 Å². The quantitative estimate of drug-likeness (QED) is 0.895. The molecule has 0 aliphatic heterocycles. The summed E-state index contributed by atoms with van der Waals surface area (Å²) < 4.78 is 2.82. The number of nitrogens with one attached hydrogen (secondary N) is 1. The van der Waals surface area contributed by atoms with Crippen LogP contribution in [0.5, 0.6) is 0 Å². The van der Waals surface area contributed by atoms with Crippen molar-refractivity contribution in [2.24, 2.45) is 18.9 Å². The van der Waals surface area contributed by atoms with Crippen LogP contribution in [0.4, 0.5) is 0 Å². The van der Waals surface area contributed by atoms with Crippen molar-refractivity contribution in [3.63, 3.8) is 0 Å². The zero-order valence-electron chi connectivity index (χ0n) is 9.95. The zero-order valence-corrected chi connectivity index (χ0v) is 11.5. The topological polar surface area (TPSA) is 34.0 Å². The van der Waals surface area contributed by atoms with Crippen LogP contribution in [0.15, 0.2) is 16.7 Å². The number of carbonyl (C=O) groups is 1. The Bertz CT molecular complexity index is 454. The summed E-state index contributed by atoms with van der Waals surface area (Å²) in [6, 6.07) is 2.29. The van der Waals surface area contributed by atoms with Gasteiger partial charge in [-0.05, 0) is 53.1 Å². The lowest BCUT2D eigenvalue weighted by Crippen LogP contribution is -2.39. The molecule has 2 saturated carbocycles. The number of halogens is 1. The second kappa shape index (κ2) is 4.16. The standard InChI is InChI=1S/C13H17BrN2O/c1-16-7-10(14)6-12(16)13(17)15-11-5-8-2-3-9(11)4-8/h6-9,11H,2-5H2,1H3,(H,15,17). The number of carbonyl (C=O) groups excluding carboxylic acids is 1. The molecule has 1 amide bonds. The summed E-state index contributed by atoms with van der Waals surface area (Å²) in [6.45, 7) is 0. The average molecular weight is 297 g/mol. The molecule has 0 spiro atoms. The summed E-state index contributed by atoms with van der Waals surface area (Å²) in [6.07, 6.45) is 7.08. The van der Waals surface area contributed by atoms with Crippen LogP contribution in [0.2, 0.25) is 0 Å². The monoisotopic (exact) mass is 296 g/mol. The molecule has 3 atom stereocenters. The summed E-state index contributed by atoms with van der Waals surface area (Å²) >= 11 is 3.40. The van der Waals surface area contributed by atoms with Gasteiger partial charge in [-0.3, -0.25) is 4.79 Å². The second-order valence-electron chi connectivity index (χ2n) is 5.41. The molecule has 0 aromatic carbocycles. The van der Waals surface area contributed by atoms with E-state index in [0.29, 0.717) is 6.04 Å². The molecule has 0 saturated heterocycles. The maximum atomic E-state index is 12.2. The smallest absolute Gasteiger partial charge is 0.268 e. The molecule has 2 aliphatic rings. The Hall–Kier alpha value is -0.770. The summed E-state index contributed by atoms with van der Waals surface area (Å²) in [5.41, 5.74) is 0.736. The van der Waals surface area contributed by atoms with Crippen molar-refractivity contribution in [3.05, 3.63) is 22.4 Å². The fraction of sp³-hybridized carbons (Fsp3) is 0.615. The second-order valence-corrected chi connectivity index (χ2v) is 6.32. The van der Waals surface area contributed by atoms with Crippen LogP contribution in [-0.4, -0.2) is 16.5 Å². The van der Waals surface area contributed by atoms with Crippen LogP contribution in [-0.2, 0) is 7.05 Å². The van der Waals surface area contributed by atoms with E-state index in [1.807, 2.05) is 23.9 Å². The first-order chi connectivity index (χ1) is 8.13. The van der Waals surface area contributed by atoms with Gasteiger partial charge in [0.1, 0.15) is 5.69 Å². The summed E-state index contributed by atoms with van der Waals surface area (Å²) in [7, 11) is 1.90. The third-order valence-electron chi connectivity index (χ3n) is 4.26. The van der Waals surface area contributed by atoms with Crippen molar-refractivity contribution in [2.45, 2.75) is 31.7 Å². The van der Waals surface area contributed by atoms with Crippen molar-refractivity contribution in [3.8, 4) is 0 Å². The molecule has 2 aliphatic carbocycles. The number of aryl methyl sites for hydroxylation is 1. The summed E-state index contributed by atoms with van der Waals surface area (Å²) in [5, 5.41) is 3.20. The SMILES string of the molecule is Cn1cc(Br)cc1C(=O)NC1CC2CCC1C2. The number of fused-ring (bicyclic) bond motifs is 2. The molecule has 17 heavy (non-hydrogen) atoms. The number of hydrogen-bond donors (Lipinski definition) is 1. The molecule has 92 valence electrons. The van der Waals surface area contributed by atoms with Crippen molar-refractivity contribution in [1.82, 2.24) is 9.88 Å². The summed E-state index contributed by atoms with van der Waals surface area (Å²) in [5.74, 6) is 1.66. The largest absolute Gasteiger partial charge is 0.348 e. The molecule has 1 heterocycles. The highest BCUT2D eigenvalue weighted by atomic mass is 79.9. The first kappa shape index (κ1) is 11.3. The summed E-state index contributed by atoms with van der Waals surface area (Å²) in [4.78, 5) is 12.2. The molecule has 3 nitrogen and oxygen atoms in total. The Morgan fingerprint density at radius 1 is 1.47 bits per heavy atom. The molecule has 4 heteroatoms. The lowest BCUT2D eigenvalue weighted by molar-refractivity contribution is 0.0914. The van der Waals surface area contributed by atoms with Crippen LogP contribution in [0.25, 0.3) is 0 Å². The first-order valence-corrected chi connectivity index (χ1v) is 7.05. The highest BCUT2D eigenvalue weighted by Crippen LogP contribution is 2.44. The van der Waals surface area contributed by atoms with Crippen LogP contribution in [0.3, 0.4) is 0 Å². The van der Waals surface area contributed by atoms with E-state index >= 15 is 0 Å². The molecular formula is C13H17BrN2O. The van der Waals surface area contributed by atoms with Gasteiger partial charge in [-0.1, -0.05) is 6.42 Å². The average Bonchev–Trinajstić information content (AvgIpc) is 2.93. The van der Waals surface area contributed by atoms with E-state index in [9.17, 15) is 4.79 Å². The lowest BCUT2D eigenvalue weighted by Gasteiger charge is -2.22. The lowest BCUT2D eigenvalue weighted by atomic mass is 9.95. The van der Waals surface area contributed by atoms with Crippen LogP contribution in [0.1, 0.15) is 36.2 Å². The van der Waals surface area contributed by atoms with E-state index in [2.05, 4.69) is 21.2 Å². The van der Waals surface area contributed by atoms with Crippen LogP contribution in [0, 0.1) is 11.8 Å². The van der Waals surface area contributed by atoms with E-state index in [1.165, 1.54) is 25.7 Å². The van der Waals surface area contributed by atoms with Gasteiger partial charge in [0.05, 0.1) is 0 Å². The van der Waals surface area contributed by atoms with Gasteiger partial charge in [0, 0.05) is 23.8 Å². The number of nitrogens with zero attached hydrogens (tertiary/aromatic N) is 1. The fourth-order valence-corrected chi connectivity index (χ4v) is 3.94. The van der Waals surface area contributed by atoms with Crippen molar-refractivity contribution in [1.29, 1.82) is 0 Å². The van der Waals surface area contributed by atoms with Crippen molar-refractivity contribution >= 4 is 21.8 Å². The number of aromatic nitrogens is 1. The predicted octanol–water partition coefficient (Wildman–Crippen LogP) is 2.71. The molecule has 3 unspecified atom stereocenters. The van der Waals surface area contributed by atoms with E-state index < -0.39 is 0 Å². The van der Waals surface area contributed by atoms with E-state index in [0.717, 1.165) is 22.0 Å². The Kier molecular flexibility index (Phi) is 2.77. The van der Waals surface area contributed by atoms with Gasteiger partial charge in [-0.15, -0.1) is 0 Å². The molecule has 1 aromatic heterocycles. The van der Waals surface area contributed by atoms with Gasteiger partial charge in [0.15, 0.2) is 0 Å². The van der Waals surface area contributed by atoms with Gasteiger partial charge in [0.25, 0.3) is 5.91 Å². The minimum atomic E-state index is 0.0655. The van der Waals surface area contributed by atoms with E-state index in [4.69, 9.17) is 0 Å². The third-order valence-corrected chi connectivity index (χ3v) is 4.69. The maximum absolute atomic E-state index is 12.2. The Morgan fingerprint density at radius 3 is 2.82 bits per heavy atom. The third kappa shape index (κ3) is 2.03. The van der Waals surface area contributed by atoms with Gasteiger partial charge >= 0.3 is 0 Å². The molecule has 2 fully saturated rings. The molecule has 3 rings (SSSR count). The normalized spacial score (nSPS) is 30.8. The minimum absolute atomic E-state index is 0.0655. The predicted molar refractivity (Wildman–Crippen MR) is 69.8 cm³/mol. The van der Waals surface area contributed by atoms with Gasteiger partial charge < -0.3 is 9.88 Å². The van der Waals surface area contributed by atoms with Gasteiger partial charge in [-0.2, -0.15) is 0 Å².